The second-order valence-electron chi connectivity index (χ2n) is 6.68. The predicted octanol–water partition coefficient (Wildman–Crippen LogP) is 5.39. The molecule has 4 aromatic rings. The lowest BCUT2D eigenvalue weighted by Crippen LogP contribution is -2.25. The van der Waals surface area contributed by atoms with E-state index in [4.69, 9.17) is 8.83 Å². The molecular weight excluding hydrogens is 354 g/mol. The summed E-state index contributed by atoms with van der Waals surface area (Å²) in [6.07, 6.45) is 0. The summed E-state index contributed by atoms with van der Waals surface area (Å²) in [4.78, 5) is 23.9. The molecule has 0 aliphatic rings. The number of rotatable bonds is 5. The van der Waals surface area contributed by atoms with Crippen molar-refractivity contribution >= 4 is 22.7 Å². The highest BCUT2D eigenvalue weighted by atomic mass is 16.4. The first-order chi connectivity index (χ1) is 13.5. The van der Waals surface area contributed by atoms with Crippen molar-refractivity contribution in [3.05, 3.63) is 83.8 Å². The fourth-order valence-corrected chi connectivity index (χ4v) is 3.04. The Kier molecular flexibility index (Phi) is 4.57. The van der Waals surface area contributed by atoms with Crippen molar-refractivity contribution in [1.29, 1.82) is 0 Å². The summed E-state index contributed by atoms with van der Waals surface area (Å²) < 4.78 is 11.5. The Balaban J connectivity index is 1.48. The minimum atomic E-state index is -0.320. The Labute approximate surface area is 162 Å². The maximum absolute atomic E-state index is 12.5. The molecule has 0 spiro atoms. The number of Topliss-reactive ketones (excluding diaryl/α,β-unsaturated/α-hetero) is 1. The maximum atomic E-state index is 12.5. The molecule has 0 saturated carbocycles. The highest BCUT2D eigenvalue weighted by Gasteiger charge is 2.18. The van der Waals surface area contributed by atoms with E-state index in [0.717, 1.165) is 16.5 Å². The minimum Gasteiger partial charge on any atom is -0.459 e. The van der Waals surface area contributed by atoms with Gasteiger partial charge in [0.1, 0.15) is 17.1 Å². The van der Waals surface area contributed by atoms with E-state index in [0.29, 0.717) is 17.1 Å². The number of carbonyl (C=O) groups is 2. The molecule has 5 nitrogen and oxygen atoms in total. The predicted molar refractivity (Wildman–Crippen MR) is 106 cm³/mol. The third-order valence-electron chi connectivity index (χ3n) is 4.62. The Morgan fingerprint density at radius 2 is 1.68 bits per heavy atom. The molecule has 1 N–H and O–H groups in total. The van der Waals surface area contributed by atoms with Crippen LogP contribution in [-0.4, -0.2) is 11.7 Å². The van der Waals surface area contributed by atoms with Gasteiger partial charge in [0.2, 0.25) is 0 Å². The number of nitrogens with one attached hydrogen (secondary N) is 1. The van der Waals surface area contributed by atoms with Gasteiger partial charge in [-0.25, -0.2) is 0 Å². The monoisotopic (exact) mass is 373 g/mol. The average Bonchev–Trinajstić information content (AvgIpc) is 3.35. The summed E-state index contributed by atoms with van der Waals surface area (Å²) in [7, 11) is 0. The lowest BCUT2D eigenvalue weighted by atomic mass is 10.1. The van der Waals surface area contributed by atoms with Gasteiger partial charge in [-0.15, -0.1) is 0 Å². The number of para-hydroxylation sites is 1. The van der Waals surface area contributed by atoms with Crippen molar-refractivity contribution in [3.8, 4) is 11.3 Å². The first-order valence-electron chi connectivity index (χ1n) is 9.02. The second-order valence-corrected chi connectivity index (χ2v) is 6.68. The Bertz CT molecular complexity index is 1120. The van der Waals surface area contributed by atoms with Crippen LogP contribution in [-0.2, 0) is 0 Å². The molecule has 2 aromatic heterocycles. The van der Waals surface area contributed by atoms with Crippen molar-refractivity contribution in [2.24, 2.45) is 0 Å². The zero-order valence-corrected chi connectivity index (χ0v) is 15.6. The van der Waals surface area contributed by atoms with E-state index in [1.165, 1.54) is 6.92 Å². The quantitative estimate of drug-likeness (QED) is 0.476. The lowest BCUT2D eigenvalue weighted by molar-refractivity contribution is 0.0908. The van der Waals surface area contributed by atoms with E-state index in [9.17, 15) is 9.59 Å². The van der Waals surface area contributed by atoms with Crippen LogP contribution in [0.2, 0.25) is 0 Å². The molecule has 0 bridgehead atoms. The molecule has 2 aromatic carbocycles. The molecule has 4 rings (SSSR count). The van der Waals surface area contributed by atoms with Crippen LogP contribution in [0.1, 0.15) is 46.6 Å². The normalized spacial score (nSPS) is 12.1. The zero-order chi connectivity index (χ0) is 19.7. The van der Waals surface area contributed by atoms with Gasteiger partial charge in [-0.05, 0) is 38.1 Å². The summed E-state index contributed by atoms with van der Waals surface area (Å²) in [6, 6.07) is 19.8. The first-order valence-corrected chi connectivity index (χ1v) is 9.02. The lowest BCUT2D eigenvalue weighted by Gasteiger charge is -2.09. The molecule has 140 valence electrons. The van der Waals surface area contributed by atoms with Crippen LogP contribution >= 0.6 is 0 Å². The largest absolute Gasteiger partial charge is 0.459 e. The van der Waals surface area contributed by atoms with Gasteiger partial charge in [-0.1, -0.05) is 42.5 Å². The number of fused-ring (bicyclic) bond motifs is 1. The second kappa shape index (κ2) is 7.19. The van der Waals surface area contributed by atoms with Gasteiger partial charge in [-0.2, -0.15) is 0 Å². The van der Waals surface area contributed by atoms with Gasteiger partial charge >= 0.3 is 0 Å². The summed E-state index contributed by atoms with van der Waals surface area (Å²) in [5.41, 5.74) is 2.22. The van der Waals surface area contributed by atoms with Crippen LogP contribution < -0.4 is 5.32 Å². The molecule has 0 unspecified atom stereocenters. The molecule has 0 aliphatic carbocycles. The summed E-state index contributed by atoms with van der Waals surface area (Å²) in [5, 5.41) is 3.88. The van der Waals surface area contributed by atoms with Crippen LogP contribution in [0.15, 0.2) is 75.6 Å². The molecule has 2 heterocycles. The number of benzene rings is 2. The molecule has 0 radical (unpaired) electrons. The molecule has 0 aliphatic heterocycles. The van der Waals surface area contributed by atoms with Gasteiger partial charge < -0.3 is 14.2 Å². The fraction of sp³-hybridized carbons (Fsp3) is 0.130. The number of carbonyl (C=O) groups excluding carboxylic acids is 2. The fourth-order valence-electron chi connectivity index (χ4n) is 3.04. The number of furan rings is 2. The molecular formula is C23H19NO4. The first kappa shape index (κ1) is 17.8. The van der Waals surface area contributed by atoms with Crippen molar-refractivity contribution in [1.82, 2.24) is 5.32 Å². The Hall–Kier alpha value is -3.60. The minimum absolute atomic E-state index is 0.00522. The van der Waals surface area contributed by atoms with Gasteiger partial charge in [0.05, 0.1) is 6.04 Å². The topological polar surface area (TPSA) is 72.5 Å². The van der Waals surface area contributed by atoms with Gasteiger partial charge in [0.15, 0.2) is 11.5 Å². The number of hydrogen-bond donors (Lipinski definition) is 1. The summed E-state index contributed by atoms with van der Waals surface area (Å²) in [5.74, 6) is 1.15. The van der Waals surface area contributed by atoms with E-state index in [1.54, 1.807) is 36.4 Å². The van der Waals surface area contributed by atoms with Crippen LogP contribution in [0.5, 0.6) is 0 Å². The molecule has 5 heteroatoms. The standard InChI is InChI=1S/C23H19NO4/c1-14(22-13-18-5-3-4-6-19(18)28-22)24-23(26)21-12-11-20(27-21)17-9-7-16(8-10-17)15(2)25/h3-14H,1-2H3,(H,24,26)/t14-/m0/s1. The SMILES string of the molecule is CC(=O)c1ccc(-c2ccc(C(=O)N[C@@H](C)c3cc4ccccc4o3)o2)cc1. The third-order valence-corrected chi connectivity index (χ3v) is 4.62. The Morgan fingerprint density at radius 3 is 2.39 bits per heavy atom. The summed E-state index contributed by atoms with van der Waals surface area (Å²) >= 11 is 0. The van der Waals surface area contributed by atoms with E-state index >= 15 is 0 Å². The van der Waals surface area contributed by atoms with E-state index < -0.39 is 0 Å². The third kappa shape index (κ3) is 3.47. The summed E-state index contributed by atoms with van der Waals surface area (Å²) in [6.45, 7) is 3.38. The Morgan fingerprint density at radius 1 is 0.929 bits per heavy atom. The van der Waals surface area contributed by atoms with Crippen LogP contribution in [0, 0.1) is 0 Å². The van der Waals surface area contributed by atoms with E-state index in [1.807, 2.05) is 37.3 Å². The van der Waals surface area contributed by atoms with Crippen LogP contribution in [0.3, 0.4) is 0 Å². The highest BCUT2D eigenvalue weighted by Crippen LogP contribution is 2.25. The molecule has 28 heavy (non-hydrogen) atoms. The number of ketones is 1. The smallest absolute Gasteiger partial charge is 0.287 e. The molecule has 1 atom stereocenters. The van der Waals surface area contributed by atoms with Crippen molar-refractivity contribution in [2.45, 2.75) is 19.9 Å². The van der Waals surface area contributed by atoms with Crippen molar-refractivity contribution in [3.63, 3.8) is 0 Å². The zero-order valence-electron chi connectivity index (χ0n) is 15.6. The number of hydrogen-bond acceptors (Lipinski definition) is 4. The molecule has 1 amide bonds. The van der Waals surface area contributed by atoms with Crippen LogP contribution in [0.25, 0.3) is 22.3 Å². The highest BCUT2D eigenvalue weighted by molar-refractivity contribution is 5.94. The van der Waals surface area contributed by atoms with Gasteiger partial charge in [0.25, 0.3) is 5.91 Å². The maximum Gasteiger partial charge on any atom is 0.287 e. The molecule has 0 fully saturated rings. The molecule has 0 saturated heterocycles. The van der Waals surface area contributed by atoms with E-state index in [2.05, 4.69) is 5.32 Å². The van der Waals surface area contributed by atoms with Gasteiger partial charge in [0, 0.05) is 16.5 Å². The van der Waals surface area contributed by atoms with E-state index in [-0.39, 0.29) is 23.5 Å². The van der Waals surface area contributed by atoms with Gasteiger partial charge in [-0.3, -0.25) is 9.59 Å². The van der Waals surface area contributed by atoms with Crippen molar-refractivity contribution < 1.29 is 18.4 Å². The van der Waals surface area contributed by atoms with Crippen molar-refractivity contribution in [2.75, 3.05) is 0 Å². The van der Waals surface area contributed by atoms with Crippen LogP contribution in [0.4, 0.5) is 0 Å². The number of amides is 1. The average molecular weight is 373 g/mol.